The zero-order chi connectivity index (χ0) is 17.2. The van der Waals surface area contributed by atoms with E-state index in [4.69, 9.17) is 0 Å². The molecule has 6 nitrogen and oxygen atoms in total. The maximum absolute atomic E-state index is 12.6. The molecule has 6 heteroatoms. The van der Waals surface area contributed by atoms with E-state index in [-0.39, 0.29) is 18.4 Å². The van der Waals surface area contributed by atoms with Crippen LogP contribution in [0.15, 0.2) is 66.0 Å². The molecule has 0 aliphatic carbocycles. The number of rotatable bonds is 4. The van der Waals surface area contributed by atoms with Crippen molar-refractivity contribution in [2.45, 2.75) is 0 Å². The number of aromatic nitrogens is 1. The number of hydrogen-bond acceptors (Lipinski definition) is 4. The quantitative estimate of drug-likeness (QED) is 0.589. The van der Waals surface area contributed by atoms with Gasteiger partial charge in [0.05, 0.1) is 11.9 Å². The molecule has 1 aliphatic heterocycles. The summed E-state index contributed by atoms with van der Waals surface area (Å²) in [7, 11) is 0. The molecule has 25 heavy (non-hydrogen) atoms. The van der Waals surface area contributed by atoms with E-state index in [0.29, 0.717) is 5.56 Å². The monoisotopic (exact) mass is 330 g/mol. The summed E-state index contributed by atoms with van der Waals surface area (Å²) in [5, 5.41) is 5.80. The van der Waals surface area contributed by atoms with Crippen molar-refractivity contribution < 1.29 is 9.59 Å². The van der Waals surface area contributed by atoms with E-state index in [0.717, 1.165) is 22.0 Å². The Morgan fingerprint density at radius 1 is 1.12 bits per heavy atom. The lowest BCUT2D eigenvalue weighted by Gasteiger charge is -2.16. The molecule has 1 N–H and O–H groups in total. The van der Waals surface area contributed by atoms with Crippen molar-refractivity contribution in [1.29, 1.82) is 0 Å². The van der Waals surface area contributed by atoms with Crippen molar-refractivity contribution in [3.63, 3.8) is 0 Å². The summed E-state index contributed by atoms with van der Waals surface area (Å²) < 4.78 is 0. The molecule has 0 atom stereocenters. The second-order valence-electron chi connectivity index (χ2n) is 5.65. The smallest absolute Gasteiger partial charge is 0.260 e. The van der Waals surface area contributed by atoms with E-state index in [9.17, 15) is 9.59 Å². The fourth-order valence-electron chi connectivity index (χ4n) is 2.94. The summed E-state index contributed by atoms with van der Waals surface area (Å²) in [6.45, 7) is -0.0830. The molecule has 1 aliphatic rings. The summed E-state index contributed by atoms with van der Waals surface area (Å²) in [6.07, 6.45) is 4.81. The van der Waals surface area contributed by atoms with Crippen LogP contribution in [-0.4, -0.2) is 29.6 Å². The summed E-state index contributed by atoms with van der Waals surface area (Å²) in [5.41, 5.74) is 4.66. The van der Waals surface area contributed by atoms with Gasteiger partial charge in [-0.05, 0) is 35.2 Å². The average molecular weight is 330 g/mol. The lowest BCUT2D eigenvalue weighted by molar-refractivity contribution is -0.119. The maximum atomic E-state index is 12.6. The lowest BCUT2D eigenvalue weighted by Crippen LogP contribution is -2.37. The van der Waals surface area contributed by atoms with Crippen LogP contribution in [0.4, 0.5) is 5.69 Å². The molecule has 3 aromatic rings. The molecule has 0 bridgehead atoms. The topological polar surface area (TPSA) is 74.7 Å². The minimum atomic E-state index is -0.358. The van der Waals surface area contributed by atoms with Crippen molar-refractivity contribution in [3.05, 3.63) is 72.1 Å². The van der Waals surface area contributed by atoms with E-state index in [1.54, 1.807) is 30.6 Å². The van der Waals surface area contributed by atoms with Gasteiger partial charge in [0.15, 0.2) is 0 Å². The Hall–Kier alpha value is -3.54. The second kappa shape index (κ2) is 6.16. The largest absolute Gasteiger partial charge is 0.298 e. The third-order valence-corrected chi connectivity index (χ3v) is 4.06. The number of hydrogen-bond donors (Lipinski definition) is 1. The zero-order valence-electron chi connectivity index (χ0n) is 13.2. The van der Waals surface area contributed by atoms with Gasteiger partial charge in [-0.25, -0.2) is 5.43 Å². The molecule has 2 amide bonds. The zero-order valence-corrected chi connectivity index (χ0v) is 13.2. The fraction of sp³-hybridized carbons (Fsp3) is 0.0526. The molecule has 2 aromatic carbocycles. The molecule has 122 valence electrons. The molecule has 0 fully saturated rings. The summed E-state index contributed by atoms with van der Waals surface area (Å²) in [4.78, 5) is 30.2. The van der Waals surface area contributed by atoms with Crippen LogP contribution in [0.2, 0.25) is 0 Å². The lowest BCUT2D eigenvalue weighted by atomic mass is 10.1. The molecule has 0 saturated carbocycles. The van der Waals surface area contributed by atoms with Crippen LogP contribution in [0, 0.1) is 0 Å². The van der Waals surface area contributed by atoms with Gasteiger partial charge >= 0.3 is 0 Å². The van der Waals surface area contributed by atoms with Gasteiger partial charge < -0.3 is 0 Å². The predicted octanol–water partition coefficient (Wildman–Crippen LogP) is 2.35. The van der Waals surface area contributed by atoms with Crippen molar-refractivity contribution >= 4 is 34.5 Å². The van der Waals surface area contributed by atoms with Gasteiger partial charge in [0.2, 0.25) is 0 Å². The van der Waals surface area contributed by atoms with Gasteiger partial charge in [0.1, 0.15) is 6.54 Å². The number of carbonyl (C=O) groups excluding carboxylic acids is 2. The Morgan fingerprint density at radius 2 is 1.88 bits per heavy atom. The Balaban J connectivity index is 1.50. The van der Waals surface area contributed by atoms with Crippen LogP contribution in [0.25, 0.3) is 10.8 Å². The van der Waals surface area contributed by atoms with Crippen LogP contribution in [0.1, 0.15) is 15.9 Å². The van der Waals surface area contributed by atoms with Crippen molar-refractivity contribution in [1.82, 2.24) is 10.4 Å². The molecule has 0 unspecified atom stereocenters. The molecule has 1 aromatic heterocycles. The first-order valence-electron chi connectivity index (χ1n) is 7.79. The molecule has 0 saturated heterocycles. The number of benzene rings is 2. The van der Waals surface area contributed by atoms with E-state index in [2.05, 4.69) is 15.5 Å². The minimum absolute atomic E-state index is 0.0830. The Kier molecular flexibility index (Phi) is 3.70. The van der Waals surface area contributed by atoms with Crippen molar-refractivity contribution in [2.24, 2.45) is 5.10 Å². The summed E-state index contributed by atoms with van der Waals surface area (Å²) in [5.74, 6) is -0.525. The second-order valence-corrected chi connectivity index (χ2v) is 5.65. The Bertz CT molecular complexity index is 993. The third-order valence-electron chi connectivity index (χ3n) is 4.06. The van der Waals surface area contributed by atoms with E-state index < -0.39 is 0 Å². The Labute approximate surface area is 143 Å². The highest BCUT2D eigenvalue weighted by Gasteiger charge is 2.30. The molecular weight excluding hydrogens is 316 g/mol. The highest BCUT2D eigenvalue weighted by atomic mass is 16.2. The van der Waals surface area contributed by atoms with E-state index in [1.807, 2.05) is 30.3 Å². The molecule has 0 radical (unpaired) electrons. The van der Waals surface area contributed by atoms with Crippen LogP contribution < -0.4 is 10.3 Å². The number of anilines is 1. The minimum Gasteiger partial charge on any atom is -0.298 e. The first kappa shape index (κ1) is 15.0. The van der Waals surface area contributed by atoms with Crippen LogP contribution in [-0.2, 0) is 4.79 Å². The van der Waals surface area contributed by atoms with Crippen molar-refractivity contribution in [3.8, 4) is 0 Å². The summed E-state index contributed by atoms with van der Waals surface area (Å²) >= 11 is 0. The summed E-state index contributed by atoms with van der Waals surface area (Å²) in [6, 6.07) is 14.8. The Morgan fingerprint density at radius 3 is 2.68 bits per heavy atom. The van der Waals surface area contributed by atoms with Gasteiger partial charge in [-0.3, -0.25) is 19.5 Å². The van der Waals surface area contributed by atoms with Crippen molar-refractivity contribution in [2.75, 3.05) is 11.4 Å². The normalized spacial score (nSPS) is 13.0. The van der Waals surface area contributed by atoms with Gasteiger partial charge in [-0.2, -0.15) is 5.10 Å². The fourth-order valence-corrected chi connectivity index (χ4v) is 2.94. The van der Waals surface area contributed by atoms with Crippen LogP contribution >= 0.6 is 0 Å². The van der Waals surface area contributed by atoms with E-state index >= 15 is 0 Å². The molecular formula is C19H14N4O2. The standard InChI is InChI=1S/C19H14N4O2/c24-17(22-21-11-13-7-9-20-10-8-13)12-23-16-6-2-4-14-3-1-5-15(18(14)16)19(23)25/h1-11H,12H2,(H,22,24)/b21-11+. The van der Waals surface area contributed by atoms with Gasteiger partial charge in [-0.15, -0.1) is 0 Å². The van der Waals surface area contributed by atoms with Gasteiger partial charge in [-0.1, -0.05) is 24.3 Å². The number of pyridine rings is 1. The predicted molar refractivity (Wildman–Crippen MR) is 95.6 cm³/mol. The number of nitrogens with zero attached hydrogens (tertiary/aromatic N) is 3. The number of nitrogens with one attached hydrogen (secondary N) is 1. The maximum Gasteiger partial charge on any atom is 0.260 e. The number of hydrazone groups is 1. The van der Waals surface area contributed by atoms with Crippen LogP contribution in [0.3, 0.4) is 0 Å². The number of carbonyl (C=O) groups is 2. The number of amides is 2. The SMILES string of the molecule is O=C(CN1C(=O)c2cccc3cccc1c23)N/N=C/c1ccncc1. The van der Waals surface area contributed by atoms with Gasteiger partial charge in [0, 0.05) is 23.3 Å². The average Bonchev–Trinajstić information content (AvgIpc) is 2.91. The molecule has 4 rings (SSSR count). The first-order valence-corrected chi connectivity index (χ1v) is 7.79. The third kappa shape index (κ3) is 2.74. The molecule has 0 spiro atoms. The first-order chi connectivity index (χ1) is 12.2. The van der Waals surface area contributed by atoms with E-state index in [1.165, 1.54) is 11.1 Å². The van der Waals surface area contributed by atoms with Gasteiger partial charge in [0.25, 0.3) is 11.8 Å². The van der Waals surface area contributed by atoms with Crippen LogP contribution in [0.5, 0.6) is 0 Å². The highest BCUT2D eigenvalue weighted by molar-refractivity contribution is 6.26. The highest BCUT2D eigenvalue weighted by Crippen LogP contribution is 2.36. The molecule has 2 heterocycles.